The summed E-state index contributed by atoms with van der Waals surface area (Å²) in [6, 6.07) is 11.0. The van der Waals surface area contributed by atoms with Crippen LogP contribution in [0.5, 0.6) is 0 Å². The van der Waals surface area contributed by atoms with E-state index in [-0.39, 0.29) is 17.6 Å². The van der Waals surface area contributed by atoms with Gasteiger partial charge in [0.1, 0.15) is 23.1 Å². The van der Waals surface area contributed by atoms with Gasteiger partial charge in [0.25, 0.3) is 0 Å². The van der Waals surface area contributed by atoms with Gasteiger partial charge in [-0.05, 0) is 106 Å². The van der Waals surface area contributed by atoms with Gasteiger partial charge >= 0.3 is 6.09 Å². The largest absolute Gasteiger partial charge is 0.444 e. The van der Waals surface area contributed by atoms with Crippen molar-refractivity contribution in [2.75, 3.05) is 17.2 Å². The van der Waals surface area contributed by atoms with Gasteiger partial charge in [-0.3, -0.25) is 0 Å². The number of anilines is 2. The summed E-state index contributed by atoms with van der Waals surface area (Å²) in [5, 5.41) is 19.9. The fourth-order valence-electron chi connectivity index (χ4n) is 7.71. The zero-order chi connectivity index (χ0) is 27.2. The van der Waals surface area contributed by atoms with Crippen molar-refractivity contribution in [2.45, 2.75) is 89.8 Å². The van der Waals surface area contributed by atoms with E-state index in [1.165, 1.54) is 43.2 Å². The predicted octanol–water partition coefficient (Wildman–Crippen LogP) is 5.97. The molecule has 5 aliphatic rings. The van der Waals surface area contributed by atoms with Crippen molar-refractivity contribution < 1.29 is 9.53 Å². The first-order chi connectivity index (χ1) is 18.7. The summed E-state index contributed by atoms with van der Waals surface area (Å²) in [6.07, 6.45) is 9.53. The van der Waals surface area contributed by atoms with Crippen LogP contribution in [0.25, 0.3) is 0 Å². The summed E-state index contributed by atoms with van der Waals surface area (Å²) in [5.74, 6) is 3.45. The number of nitrogens with one attached hydrogen (secondary N) is 3. The lowest BCUT2D eigenvalue weighted by Gasteiger charge is -2.60. The molecule has 0 saturated heterocycles. The number of alkyl carbamates (subject to hydrolysis) is 1. The van der Waals surface area contributed by atoms with Crippen molar-refractivity contribution in [3.05, 3.63) is 47.2 Å². The van der Waals surface area contributed by atoms with Crippen LogP contribution in [0.1, 0.15) is 88.3 Å². The van der Waals surface area contributed by atoms with Crippen LogP contribution in [0.4, 0.5) is 16.6 Å². The molecule has 1 unspecified atom stereocenters. The molecular formula is C31H40N6O2. The first kappa shape index (κ1) is 25.9. The first-order valence-corrected chi connectivity index (χ1v) is 14.5. The third-order valence-corrected chi connectivity index (χ3v) is 9.13. The number of aromatic nitrogens is 2. The van der Waals surface area contributed by atoms with Crippen LogP contribution in [-0.4, -0.2) is 34.2 Å². The Morgan fingerprint density at radius 3 is 2.56 bits per heavy atom. The Hall–Kier alpha value is -3.34. The van der Waals surface area contributed by atoms with Gasteiger partial charge in [-0.2, -0.15) is 10.2 Å². The minimum atomic E-state index is -0.495. The minimum Gasteiger partial charge on any atom is -0.444 e. The minimum absolute atomic E-state index is 0.164. The number of benzene rings is 1. The van der Waals surface area contributed by atoms with Crippen LogP contribution < -0.4 is 16.0 Å². The van der Waals surface area contributed by atoms with Gasteiger partial charge in [-0.1, -0.05) is 24.3 Å². The quantitative estimate of drug-likeness (QED) is 0.387. The molecule has 1 aromatic carbocycles. The maximum atomic E-state index is 12.5. The molecule has 3 N–H and O–H groups in total. The number of hydrogen-bond donors (Lipinski definition) is 3. The van der Waals surface area contributed by atoms with Gasteiger partial charge in [-0.25, -0.2) is 9.78 Å². The number of carbonyl (C=O) groups excluding carboxylic acids is 1. The number of nitriles is 1. The Morgan fingerprint density at radius 2 is 1.87 bits per heavy atom. The van der Waals surface area contributed by atoms with Gasteiger partial charge in [0.05, 0.1) is 6.20 Å². The highest BCUT2D eigenvalue weighted by Gasteiger charge is 2.55. The highest BCUT2D eigenvalue weighted by Crippen LogP contribution is 2.60. The van der Waals surface area contributed by atoms with Crippen molar-refractivity contribution in [2.24, 2.45) is 23.2 Å². The molecule has 0 radical (unpaired) electrons. The van der Waals surface area contributed by atoms with E-state index in [1.807, 2.05) is 20.8 Å². The molecule has 7 rings (SSSR count). The highest BCUT2D eigenvalue weighted by atomic mass is 16.6. The van der Waals surface area contributed by atoms with Gasteiger partial charge in [0.15, 0.2) is 0 Å². The summed E-state index contributed by atoms with van der Waals surface area (Å²) in [5.41, 5.74) is 2.83. The maximum absolute atomic E-state index is 12.5. The molecule has 8 heteroatoms. The number of amides is 1. The number of carbonyl (C=O) groups is 1. The first-order valence-electron chi connectivity index (χ1n) is 14.5. The van der Waals surface area contributed by atoms with Crippen LogP contribution in [0.15, 0.2) is 30.5 Å². The van der Waals surface area contributed by atoms with Crippen molar-refractivity contribution >= 4 is 17.9 Å². The highest BCUT2D eigenvalue weighted by molar-refractivity contribution is 5.68. The number of nitrogens with zero attached hydrogens (tertiary/aromatic N) is 3. The molecule has 1 aromatic heterocycles. The monoisotopic (exact) mass is 528 g/mol. The van der Waals surface area contributed by atoms with Crippen molar-refractivity contribution in [1.29, 1.82) is 5.26 Å². The second-order valence-corrected chi connectivity index (χ2v) is 13.4. The molecule has 4 bridgehead atoms. The van der Waals surface area contributed by atoms with E-state index in [1.54, 1.807) is 6.20 Å². The Balaban J connectivity index is 1.11. The van der Waals surface area contributed by atoms with E-state index >= 15 is 0 Å². The van der Waals surface area contributed by atoms with Crippen molar-refractivity contribution in [3.63, 3.8) is 0 Å². The van der Waals surface area contributed by atoms with E-state index in [4.69, 9.17) is 9.72 Å². The lowest BCUT2D eigenvalue weighted by atomic mass is 9.48. The topological polar surface area (TPSA) is 112 Å². The van der Waals surface area contributed by atoms with Crippen molar-refractivity contribution in [3.8, 4) is 6.07 Å². The van der Waals surface area contributed by atoms with Crippen LogP contribution >= 0.6 is 0 Å². The Labute approximate surface area is 231 Å². The lowest BCUT2D eigenvalue weighted by molar-refractivity contribution is -0.0703. The zero-order valence-electron chi connectivity index (χ0n) is 23.3. The maximum Gasteiger partial charge on any atom is 0.407 e. The van der Waals surface area contributed by atoms with E-state index in [0.29, 0.717) is 47.5 Å². The smallest absolute Gasteiger partial charge is 0.407 e. The molecule has 0 spiro atoms. The zero-order valence-corrected chi connectivity index (χ0v) is 23.3. The summed E-state index contributed by atoms with van der Waals surface area (Å²) in [4.78, 5) is 21.7. The van der Waals surface area contributed by atoms with Crippen LogP contribution in [0.2, 0.25) is 0 Å². The Kier molecular flexibility index (Phi) is 6.65. The lowest BCUT2D eigenvalue weighted by Crippen LogP contribution is -2.60. The molecule has 1 heterocycles. The third kappa shape index (κ3) is 5.68. The van der Waals surface area contributed by atoms with Gasteiger partial charge in [0.2, 0.25) is 5.95 Å². The summed E-state index contributed by atoms with van der Waals surface area (Å²) < 4.78 is 5.57. The van der Waals surface area contributed by atoms with Crippen LogP contribution in [0, 0.1) is 34.5 Å². The molecule has 39 heavy (non-hydrogen) atoms. The van der Waals surface area contributed by atoms with Gasteiger partial charge in [0, 0.05) is 19.1 Å². The van der Waals surface area contributed by atoms with Crippen LogP contribution in [-0.2, 0) is 11.3 Å². The molecular weight excluding hydrogens is 488 g/mol. The molecule has 5 fully saturated rings. The molecule has 5 atom stereocenters. The summed E-state index contributed by atoms with van der Waals surface area (Å²) in [6.45, 7) is 7.16. The molecule has 1 amide bonds. The Morgan fingerprint density at radius 1 is 1.13 bits per heavy atom. The van der Waals surface area contributed by atoms with E-state index < -0.39 is 5.60 Å². The van der Waals surface area contributed by atoms with Gasteiger partial charge in [-0.15, -0.1) is 0 Å². The molecule has 5 aliphatic carbocycles. The number of hydrogen-bond acceptors (Lipinski definition) is 7. The molecule has 2 aromatic rings. The summed E-state index contributed by atoms with van der Waals surface area (Å²) in [7, 11) is 0. The average molecular weight is 529 g/mol. The standard InChI is InChI=1S/C31H40N6O2/c1-30(2,3)39-29(38)36-26-22-10-19-11-23(26)14-31(12-19,13-22)18-35-27-24(15-32)17-34-28(37-27)33-16-21-6-4-5-7-25(21)20-8-9-20/h4-7,17,19-20,22-23,26H,8-14,16,18H2,1-3H3,(H,36,38)(H2,33,34,35,37)/t19?,22-,23+,26-,31-. The molecule has 5 saturated carbocycles. The number of rotatable bonds is 8. The van der Waals surface area contributed by atoms with E-state index in [0.717, 1.165) is 19.4 Å². The average Bonchev–Trinajstić information content (AvgIpc) is 3.73. The fraction of sp³-hybridized carbons (Fsp3) is 0.613. The summed E-state index contributed by atoms with van der Waals surface area (Å²) >= 11 is 0. The molecule has 206 valence electrons. The second kappa shape index (κ2) is 10.0. The van der Waals surface area contributed by atoms with Crippen molar-refractivity contribution in [1.82, 2.24) is 15.3 Å². The van der Waals surface area contributed by atoms with E-state index in [2.05, 4.69) is 51.3 Å². The number of ether oxygens (including phenoxy) is 1. The molecule has 0 aliphatic heterocycles. The Bertz CT molecular complexity index is 1260. The predicted molar refractivity (Wildman–Crippen MR) is 150 cm³/mol. The van der Waals surface area contributed by atoms with Gasteiger partial charge < -0.3 is 20.7 Å². The molecule has 8 nitrogen and oxygen atoms in total. The third-order valence-electron chi connectivity index (χ3n) is 9.13. The fourth-order valence-corrected chi connectivity index (χ4v) is 7.71. The van der Waals surface area contributed by atoms with Crippen LogP contribution in [0.3, 0.4) is 0 Å². The SMILES string of the molecule is CC(C)(C)OC(=O)N[C@@H]1[C@@H]2CC3C[C@H]1C[C@@](CNc1nc(NCc4ccccc4C4CC4)ncc1C#N)(C3)C2. The normalized spacial score (nSPS) is 29.0. The second-order valence-electron chi connectivity index (χ2n) is 13.4. The van der Waals surface area contributed by atoms with E-state index in [9.17, 15) is 10.1 Å².